The first-order valence-electron chi connectivity index (χ1n) is 6.72. The quantitative estimate of drug-likeness (QED) is 0.666. The zero-order chi connectivity index (χ0) is 13.1. The first kappa shape index (κ1) is 13.8. The van der Waals surface area contributed by atoms with Crippen LogP contribution in [0.3, 0.4) is 0 Å². The van der Waals surface area contributed by atoms with Gasteiger partial charge in [-0.15, -0.1) is 11.8 Å². The van der Waals surface area contributed by atoms with Crippen molar-refractivity contribution >= 4 is 18.6 Å². The third kappa shape index (κ3) is 3.04. The van der Waals surface area contributed by atoms with Crippen molar-refractivity contribution in [2.75, 3.05) is 19.3 Å². The molecule has 0 aromatic heterocycles. The lowest BCUT2D eigenvalue weighted by atomic mass is 9.64. The van der Waals surface area contributed by atoms with Gasteiger partial charge < -0.3 is 9.92 Å². The van der Waals surface area contributed by atoms with Crippen molar-refractivity contribution in [1.29, 1.82) is 0 Å². The van der Waals surface area contributed by atoms with Crippen molar-refractivity contribution in [3.63, 3.8) is 0 Å². The van der Waals surface area contributed by atoms with Crippen molar-refractivity contribution in [3.05, 3.63) is 23.8 Å². The molecular weight excluding hydrogens is 241 g/mol. The van der Waals surface area contributed by atoms with E-state index in [4.69, 9.17) is 0 Å². The Balaban J connectivity index is 2.09. The maximum Gasteiger partial charge on any atom is 0.216 e. The molecule has 1 N–H and O–H groups in total. The summed E-state index contributed by atoms with van der Waals surface area (Å²) in [5.41, 5.74) is 1.42. The minimum absolute atomic E-state index is 0.378. The number of benzene rings is 1. The Hall–Kier alpha value is -0.605. The predicted molar refractivity (Wildman–Crippen MR) is 80.9 cm³/mol. The van der Waals surface area contributed by atoms with Gasteiger partial charge in [-0.1, -0.05) is 19.7 Å². The summed E-state index contributed by atoms with van der Waals surface area (Å²) in [6.07, 6.45) is 4.55. The molecule has 0 amide bonds. The Morgan fingerprint density at radius 1 is 1.28 bits per heavy atom. The molecule has 1 heterocycles. The van der Waals surface area contributed by atoms with E-state index in [0.717, 1.165) is 0 Å². The summed E-state index contributed by atoms with van der Waals surface area (Å²) in [7, 11) is 0. The fraction of sp³-hybridized carbons (Fsp3) is 0.571. The zero-order valence-electron chi connectivity index (χ0n) is 11.5. The van der Waals surface area contributed by atoms with Gasteiger partial charge in [0, 0.05) is 4.90 Å². The second kappa shape index (κ2) is 6.03. The van der Waals surface area contributed by atoms with Crippen LogP contribution in [0.15, 0.2) is 23.1 Å². The SMILES string of the molecule is CSc1cc(O)ccc1C1CCN(B(C)C)CC1. The highest BCUT2D eigenvalue weighted by molar-refractivity contribution is 7.98. The van der Waals surface area contributed by atoms with E-state index < -0.39 is 0 Å². The van der Waals surface area contributed by atoms with Crippen LogP contribution in [-0.2, 0) is 0 Å². The van der Waals surface area contributed by atoms with Crippen LogP contribution in [0.4, 0.5) is 0 Å². The van der Waals surface area contributed by atoms with Crippen LogP contribution in [0.25, 0.3) is 0 Å². The normalized spacial score (nSPS) is 17.9. The topological polar surface area (TPSA) is 23.5 Å². The smallest absolute Gasteiger partial charge is 0.216 e. The van der Waals surface area contributed by atoms with E-state index in [0.29, 0.717) is 18.5 Å². The van der Waals surface area contributed by atoms with E-state index >= 15 is 0 Å². The molecule has 1 aromatic carbocycles. The van der Waals surface area contributed by atoms with Crippen LogP contribution >= 0.6 is 11.8 Å². The molecule has 0 spiro atoms. The number of aromatic hydroxyl groups is 1. The average molecular weight is 263 g/mol. The number of hydrogen-bond donors (Lipinski definition) is 1. The minimum atomic E-state index is 0.378. The fourth-order valence-electron chi connectivity index (χ4n) is 2.76. The Bertz CT molecular complexity index is 403. The molecular formula is C14H22BNOS. The second-order valence-electron chi connectivity index (χ2n) is 5.33. The second-order valence-corrected chi connectivity index (χ2v) is 6.18. The first-order chi connectivity index (χ1) is 8.61. The maximum absolute atomic E-state index is 9.56. The number of thioether (sulfide) groups is 1. The summed E-state index contributed by atoms with van der Waals surface area (Å²) in [5.74, 6) is 1.03. The summed E-state index contributed by atoms with van der Waals surface area (Å²) in [5, 5.41) is 9.56. The average Bonchev–Trinajstić information content (AvgIpc) is 2.38. The van der Waals surface area contributed by atoms with Gasteiger partial charge in [-0.25, -0.2) is 0 Å². The van der Waals surface area contributed by atoms with Crippen LogP contribution < -0.4 is 0 Å². The number of phenolic OH excluding ortho intramolecular Hbond substituents is 1. The molecule has 1 aliphatic rings. The van der Waals surface area contributed by atoms with Crippen LogP contribution in [-0.4, -0.2) is 36.1 Å². The molecule has 18 heavy (non-hydrogen) atoms. The monoisotopic (exact) mass is 263 g/mol. The van der Waals surface area contributed by atoms with Crippen molar-refractivity contribution in [2.45, 2.75) is 37.3 Å². The zero-order valence-corrected chi connectivity index (χ0v) is 12.3. The summed E-state index contributed by atoms with van der Waals surface area (Å²) in [6, 6.07) is 5.83. The van der Waals surface area contributed by atoms with E-state index in [1.165, 1.54) is 36.4 Å². The molecule has 98 valence electrons. The number of nitrogens with zero attached hydrogens (tertiary/aromatic N) is 1. The number of hydrogen-bond acceptors (Lipinski definition) is 3. The molecule has 0 aliphatic carbocycles. The van der Waals surface area contributed by atoms with Gasteiger partial charge in [0.15, 0.2) is 0 Å². The molecule has 0 atom stereocenters. The van der Waals surface area contributed by atoms with Crippen molar-refractivity contribution in [1.82, 2.24) is 4.81 Å². The van der Waals surface area contributed by atoms with Crippen LogP contribution in [0, 0.1) is 0 Å². The highest BCUT2D eigenvalue weighted by atomic mass is 32.2. The van der Waals surface area contributed by atoms with Gasteiger partial charge in [0.25, 0.3) is 0 Å². The third-order valence-corrected chi connectivity index (χ3v) is 4.71. The summed E-state index contributed by atoms with van der Waals surface area (Å²) >= 11 is 1.74. The molecule has 2 rings (SSSR count). The van der Waals surface area contributed by atoms with E-state index in [1.54, 1.807) is 11.8 Å². The molecule has 0 bridgehead atoms. The number of phenols is 1. The van der Waals surface area contributed by atoms with E-state index in [9.17, 15) is 5.11 Å². The van der Waals surface area contributed by atoms with E-state index in [1.807, 2.05) is 12.1 Å². The minimum Gasteiger partial charge on any atom is -0.508 e. The van der Waals surface area contributed by atoms with E-state index in [2.05, 4.69) is 30.8 Å². The lowest BCUT2D eigenvalue weighted by molar-refractivity contribution is 0.321. The molecule has 0 radical (unpaired) electrons. The standard InChI is InChI=1S/C14H22BNOS/c1-15(2)16-8-6-11(7-9-16)13-5-4-12(17)10-14(13)18-3/h4-5,10-11,17H,6-9H2,1-3H3. The Morgan fingerprint density at radius 2 is 1.94 bits per heavy atom. The Morgan fingerprint density at radius 3 is 2.50 bits per heavy atom. The Kier molecular flexibility index (Phi) is 4.63. The summed E-state index contributed by atoms with van der Waals surface area (Å²) < 4.78 is 0. The summed E-state index contributed by atoms with van der Waals surface area (Å²) in [6.45, 7) is 7.59. The molecule has 1 aromatic rings. The number of piperidine rings is 1. The van der Waals surface area contributed by atoms with Gasteiger partial charge in [-0.05, 0) is 55.8 Å². The Labute approximate surface area is 115 Å². The van der Waals surface area contributed by atoms with Crippen molar-refractivity contribution in [3.8, 4) is 5.75 Å². The molecule has 1 fully saturated rings. The highest BCUT2D eigenvalue weighted by Crippen LogP contribution is 2.36. The van der Waals surface area contributed by atoms with Gasteiger partial charge in [-0.2, -0.15) is 0 Å². The number of rotatable bonds is 3. The molecule has 4 heteroatoms. The summed E-state index contributed by atoms with van der Waals surface area (Å²) in [4.78, 5) is 3.79. The third-order valence-electron chi connectivity index (χ3n) is 3.92. The molecule has 1 saturated heterocycles. The molecule has 0 saturated carbocycles. The lowest BCUT2D eigenvalue weighted by Gasteiger charge is -2.34. The van der Waals surface area contributed by atoms with Crippen molar-refractivity contribution in [2.24, 2.45) is 0 Å². The predicted octanol–water partition coefficient (Wildman–Crippen LogP) is 3.54. The van der Waals surface area contributed by atoms with Crippen molar-refractivity contribution < 1.29 is 5.11 Å². The molecule has 0 unspecified atom stereocenters. The fourth-order valence-corrected chi connectivity index (χ4v) is 3.47. The van der Waals surface area contributed by atoms with Gasteiger partial charge in [0.2, 0.25) is 6.85 Å². The maximum atomic E-state index is 9.56. The molecule has 2 nitrogen and oxygen atoms in total. The molecule has 1 aliphatic heterocycles. The van der Waals surface area contributed by atoms with Crippen LogP contribution in [0.2, 0.25) is 13.6 Å². The highest BCUT2D eigenvalue weighted by Gasteiger charge is 2.24. The van der Waals surface area contributed by atoms with E-state index in [-0.39, 0.29) is 0 Å². The van der Waals surface area contributed by atoms with Gasteiger partial charge >= 0.3 is 0 Å². The van der Waals surface area contributed by atoms with Crippen LogP contribution in [0.1, 0.15) is 24.3 Å². The van der Waals surface area contributed by atoms with Gasteiger partial charge in [-0.3, -0.25) is 0 Å². The largest absolute Gasteiger partial charge is 0.508 e. The van der Waals surface area contributed by atoms with Gasteiger partial charge in [0.05, 0.1) is 0 Å². The van der Waals surface area contributed by atoms with Crippen LogP contribution in [0.5, 0.6) is 5.75 Å². The van der Waals surface area contributed by atoms with Gasteiger partial charge in [0.1, 0.15) is 5.75 Å². The lowest BCUT2D eigenvalue weighted by Crippen LogP contribution is -2.40. The first-order valence-corrected chi connectivity index (χ1v) is 7.95.